The van der Waals surface area contributed by atoms with Crippen LogP contribution in [0.2, 0.25) is 0 Å². The van der Waals surface area contributed by atoms with E-state index in [2.05, 4.69) is 0 Å². The Bertz CT molecular complexity index is 502. The van der Waals surface area contributed by atoms with Crippen LogP contribution in [-0.2, 0) is 6.42 Å². The van der Waals surface area contributed by atoms with Crippen LogP contribution in [0.25, 0.3) is 0 Å². The number of carboxylic acids is 1. The highest BCUT2D eigenvalue weighted by atomic mass is 16.6. The third-order valence-corrected chi connectivity index (χ3v) is 2.15. The van der Waals surface area contributed by atoms with Crippen LogP contribution < -0.4 is 0 Å². The summed E-state index contributed by atoms with van der Waals surface area (Å²) in [5, 5.41) is 28.2. The Kier molecular flexibility index (Phi) is 3.20. The lowest BCUT2D eigenvalue weighted by molar-refractivity contribution is -0.385. The van der Waals surface area contributed by atoms with Crippen molar-refractivity contribution in [3.05, 3.63) is 38.9 Å². The topological polar surface area (TPSA) is 104 Å². The first-order valence-corrected chi connectivity index (χ1v) is 4.46. The quantitative estimate of drug-likeness (QED) is 0.616. The molecule has 0 fully saturated rings. The average molecular weight is 220 g/mol. The summed E-state index contributed by atoms with van der Waals surface area (Å²) in [5.74, 6) is -1.26. The van der Waals surface area contributed by atoms with Gasteiger partial charge in [-0.1, -0.05) is 6.92 Å². The number of hydrogen-bond donors (Lipinski definition) is 1. The summed E-state index contributed by atoms with van der Waals surface area (Å²) in [7, 11) is 0. The summed E-state index contributed by atoms with van der Waals surface area (Å²) in [6, 6.07) is 3.82. The fourth-order valence-corrected chi connectivity index (χ4v) is 1.36. The molecule has 1 rings (SSSR count). The number of nitrogens with zero attached hydrogens (tertiary/aromatic N) is 2. The van der Waals surface area contributed by atoms with Gasteiger partial charge in [0.25, 0.3) is 5.69 Å². The second kappa shape index (κ2) is 4.40. The molecule has 0 spiro atoms. The van der Waals surface area contributed by atoms with E-state index < -0.39 is 10.9 Å². The van der Waals surface area contributed by atoms with Gasteiger partial charge < -0.3 is 5.11 Å². The standard InChI is InChI=1S/C10H8N2O4/c1-2-6-3-8(10(13)14)7(5-11)4-9(6)12(15)16/h3-4H,2H2,1H3,(H,13,14). The average Bonchev–Trinajstić information content (AvgIpc) is 2.26. The number of benzene rings is 1. The second-order valence-corrected chi connectivity index (χ2v) is 3.05. The van der Waals surface area contributed by atoms with Crippen LogP contribution >= 0.6 is 0 Å². The number of rotatable bonds is 3. The van der Waals surface area contributed by atoms with E-state index in [4.69, 9.17) is 10.4 Å². The predicted octanol–water partition coefficient (Wildman–Crippen LogP) is 1.73. The Morgan fingerprint density at radius 3 is 2.62 bits per heavy atom. The van der Waals surface area contributed by atoms with Crippen molar-refractivity contribution in [2.75, 3.05) is 0 Å². The number of nitriles is 1. The molecule has 6 nitrogen and oxygen atoms in total. The first-order chi connectivity index (χ1) is 7.51. The third kappa shape index (κ3) is 1.98. The lowest BCUT2D eigenvalue weighted by atomic mass is 10.0. The van der Waals surface area contributed by atoms with Crippen molar-refractivity contribution in [2.45, 2.75) is 13.3 Å². The predicted molar refractivity (Wildman–Crippen MR) is 54.1 cm³/mol. The van der Waals surface area contributed by atoms with Crippen molar-refractivity contribution in [1.29, 1.82) is 5.26 Å². The highest BCUT2D eigenvalue weighted by Gasteiger charge is 2.19. The molecule has 16 heavy (non-hydrogen) atoms. The van der Waals surface area contributed by atoms with E-state index in [1.165, 1.54) is 6.07 Å². The largest absolute Gasteiger partial charge is 0.478 e. The van der Waals surface area contributed by atoms with E-state index in [0.717, 1.165) is 6.07 Å². The van der Waals surface area contributed by atoms with Gasteiger partial charge in [0.2, 0.25) is 0 Å². The van der Waals surface area contributed by atoms with Crippen LogP contribution in [-0.4, -0.2) is 16.0 Å². The molecule has 6 heteroatoms. The third-order valence-electron chi connectivity index (χ3n) is 2.15. The molecule has 0 radical (unpaired) electrons. The smallest absolute Gasteiger partial charge is 0.337 e. The Hall–Kier alpha value is -2.42. The van der Waals surface area contributed by atoms with Crippen LogP contribution in [0.4, 0.5) is 5.69 Å². The fourth-order valence-electron chi connectivity index (χ4n) is 1.36. The molecule has 1 N–H and O–H groups in total. The van der Waals surface area contributed by atoms with Crippen LogP contribution in [0.5, 0.6) is 0 Å². The minimum atomic E-state index is -1.26. The number of carboxylic acid groups (broad SMARTS) is 1. The SMILES string of the molecule is CCc1cc(C(=O)O)c(C#N)cc1[N+](=O)[O-]. The summed E-state index contributed by atoms with van der Waals surface area (Å²) < 4.78 is 0. The summed E-state index contributed by atoms with van der Waals surface area (Å²) in [5.41, 5.74) is -0.313. The van der Waals surface area contributed by atoms with Crippen molar-refractivity contribution >= 4 is 11.7 Å². The molecule has 0 saturated heterocycles. The van der Waals surface area contributed by atoms with Gasteiger partial charge in [-0.2, -0.15) is 5.26 Å². The lowest BCUT2D eigenvalue weighted by Crippen LogP contribution is -2.04. The highest BCUT2D eigenvalue weighted by molar-refractivity contribution is 5.91. The van der Waals surface area contributed by atoms with Crippen LogP contribution in [0.3, 0.4) is 0 Å². The zero-order valence-corrected chi connectivity index (χ0v) is 8.43. The number of nitro benzene ring substituents is 1. The molecule has 0 bridgehead atoms. The van der Waals surface area contributed by atoms with Gasteiger partial charge >= 0.3 is 5.97 Å². The maximum absolute atomic E-state index is 10.8. The molecule has 0 atom stereocenters. The minimum Gasteiger partial charge on any atom is -0.478 e. The van der Waals surface area contributed by atoms with Crippen LogP contribution in [0, 0.1) is 21.4 Å². The van der Waals surface area contributed by atoms with Gasteiger partial charge in [-0.05, 0) is 12.5 Å². The van der Waals surface area contributed by atoms with E-state index in [9.17, 15) is 14.9 Å². The van der Waals surface area contributed by atoms with Crippen LogP contribution in [0.15, 0.2) is 12.1 Å². The normalized spacial score (nSPS) is 9.50. The van der Waals surface area contributed by atoms with Gasteiger partial charge in [0.15, 0.2) is 0 Å². The van der Waals surface area contributed by atoms with Crippen molar-refractivity contribution in [3.8, 4) is 6.07 Å². The summed E-state index contributed by atoms with van der Waals surface area (Å²) in [6.07, 6.45) is 0.336. The van der Waals surface area contributed by atoms with Crippen molar-refractivity contribution in [1.82, 2.24) is 0 Å². The summed E-state index contributed by atoms with van der Waals surface area (Å²) in [4.78, 5) is 20.9. The number of aromatic carboxylic acids is 1. The fraction of sp³-hybridized carbons (Fsp3) is 0.200. The van der Waals surface area contributed by atoms with E-state index in [-0.39, 0.29) is 16.8 Å². The number of aryl methyl sites for hydroxylation is 1. The van der Waals surface area contributed by atoms with E-state index in [1.54, 1.807) is 13.0 Å². The lowest BCUT2D eigenvalue weighted by Gasteiger charge is -2.03. The van der Waals surface area contributed by atoms with Gasteiger partial charge in [0, 0.05) is 11.6 Å². The first kappa shape index (κ1) is 11.7. The highest BCUT2D eigenvalue weighted by Crippen LogP contribution is 2.24. The molecule has 0 aliphatic heterocycles. The van der Waals surface area contributed by atoms with Crippen molar-refractivity contribution < 1.29 is 14.8 Å². The molecular formula is C10H8N2O4. The molecule has 1 aromatic rings. The van der Waals surface area contributed by atoms with E-state index in [0.29, 0.717) is 12.0 Å². The zero-order chi connectivity index (χ0) is 12.3. The van der Waals surface area contributed by atoms with Gasteiger partial charge in [-0.3, -0.25) is 10.1 Å². The summed E-state index contributed by atoms with van der Waals surface area (Å²) in [6.45, 7) is 1.68. The molecule has 0 heterocycles. The Morgan fingerprint density at radius 1 is 1.62 bits per heavy atom. The van der Waals surface area contributed by atoms with Gasteiger partial charge in [-0.15, -0.1) is 0 Å². The Balaban J connectivity index is 3.54. The zero-order valence-electron chi connectivity index (χ0n) is 8.43. The van der Waals surface area contributed by atoms with E-state index in [1.807, 2.05) is 0 Å². The molecule has 0 amide bonds. The molecular weight excluding hydrogens is 212 g/mol. The number of carbonyl (C=O) groups is 1. The number of nitro groups is 1. The molecule has 1 aromatic carbocycles. The van der Waals surface area contributed by atoms with Crippen molar-refractivity contribution in [3.63, 3.8) is 0 Å². The maximum atomic E-state index is 10.8. The number of hydrogen-bond acceptors (Lipinski definition) is 4. The maximum Gasteiger partial charge on any atom is 0.337 e. The van der Waals surface area contributed by atoms with Crippen LogP contribution in [0.1, 0.15) is 28.4 Å². The Labute approximate surface area is 90.9 Å². The first-order valence-electron chi connectivity index (χ1n) is 4.46. The monoisotopic (exact) mass is 220 g/mol. The minimum absolute atomic E-state index is 0.198. The van der Waals surface area contributed by atoms with Gasteiger partial charge in [0.1, 0.15) is 6.07 Å². The molecule has 0 unspecified atom stereocenters. The molecule has 0 saturated carbocycles. The second-order valence-electron chi connectivity index (χ2n) is 3.05. The molecule has 0 aliphatic carbocycles. The Morgan fingerprint density at radius 2 is 2.25 bits per heavy atom. The molecule has 0 aromatic heterocycles. The van der Waals surface area contributed by atoms with Gasteiger partial charge in [0.05, 0.1) is 16.1 Å². The van der Waals surface area contributed by atoms with Gasteiger partial charge in [-0.25, -0.2) is 4.79 Å². The molecule has 0 aliphatic rings. The summed E-state index contributed by atoms with van der Waals surface area (Å²) >= 11 is 0. The molecule has 82 valence electrons. The van der Waals surface area contributed by atoms with E-state index >= 15 is 0 Å². The van der Waals surface area contributed by atoms with Crippen molar-refractivity contribution in [2.24, 2.45) is 0 Å².